The van der Waals surface area contributed by atoms with Gasteiger partial charge in [0.1, 0.15) is 5.54 Å². The van der Waals surface area contributed by atoms with Gasteiger partial charge in [-0.05, 0) is 41.5 Å². The van der Waals surface area contributed by atoms with Crippen LogP contribution >= 0.6 is 0 Å². The van der Waals surface area contributed by atoms with Crippen molar-refractivity contribution in [2.45, 2.75) is 19.4 Å². The Balaban J connectivity index is 1.44. The van der Waals surface area contributed by atoms with Crippen LogP contribution in [0.15, 0.2) is 60.7 Å². The molecule has 1 aromatic heterocycles. The lowest BCUT2D eigenvalue weighted by Crippen LogP contribution is -2.49. The highest BCUT2D eigenvalue weighted by Gasteiger charge is 2.50. The van der Waals surface area contributed by atoms with E-state index in [4.69, 9.17) is 4.74 Å². The number of esters is 1. The first-order valence-corrected chi connectivity index (χ1v) is 10.5. The number of aromatic nitrogens is 4. The van der Waals surface area contributed by atoms with Gasteiger partial charge in [-0.25, -0.2) is 9.59 Å². The van der Waals surface area contributed by atoms with Gasteiger partial charge < -0.3 is 10.1 Å². The third-order valence-corrected chi connectivity index (χ3v) is 5.28. The first-order valence-electron chi connectivity index (χ1n) is 10.5. The van der Waals surface area contributed by atoms with Gasteiger partial charge in [0.2, 0.25) is 0 Å². The minimum absolute atomic E-state index is 0.0295. The molecular weight excluding hydrogens is 454 g/mol. The summed E-state index contributed by atoms with van der Waals surface area (Å²) in [7, 11) is 0. The minimum Gasteiger partial charge on any atom is -0.451 e. The van der Waals surface area contributed by atoms with Gasteiger partial charge in [0.25, 0.3) is 11.8 Å². The van der Waals surface area contributed by atoms with Crippen LogP contribution in [0.1, 0.15) is 23.9 Å². The summed E-state index contributed by atoms with van der Waals surface area (Å²) in [6, 6.07) is 16.7. The summed E-state index contributed by atoms with van der Waals surface area (Å²) in [4.78, 5) is 50.5. The fourth-order valence-corrected chi connectivity index (χ4v) is 3.44. The van der Waals surface area contributed by atoms with Crippen molar-refractivity contribution in [3.8, 4) is 0 Å². The number of hydrogen-bond donors (Lipinski definition) is 2. The standard InChI is InChI=1S/C23H21N7O5/c1-15-25-27-28-29(15)18(13-16-9-5-3-6-10-16)20(32)35-14-19(31)26-30-21(33)23(2,24-22(30)34)17-11-7-4-8-12-17/h3-13H,14H2,1-2H3,(H,24,34)(H,26,31)/b18-13-. The molecule has 1 fully saturated rings. The summed E-state index contributed by atoms with van der Waals surface area (Å²) in [5.74, 6) is -2.12. The van der Waals surface area contributed by atoms with Gasteiger partial charge in [-0.3, -0.25) is 15.0 Å². The Labute approximate surface area is 199 Å². The van der Waals surface area contributed by atoms with E-state index in [-0.39, 0.29) is 5.70 Å². The average Bonchev–Trinajstić information content (AvgIpc) is 3.38. The topological polar surface area (TPSA) is 148 Å². The maximum Gasteiger partial charge on any atom is 0.357 e. The van der Waals surface area contributed by atoms with E-state index in [0.717, 1.165) is 0 Å². The van der Waals surface area contributed by atoms with Gasteiger partial charge in [-0.2, -0.15) is 9.69 Å². The van der Waals surface area contributed by atoms with Crippen LogP contribution in [-0.4, -0.2) is 55.6 Å². The molecule has 2 heterocycles. The van der Waals surface area contributed by atoms with Gasteiger partial charge in [-0.15, -0.1) is 5.10 Å². The number of hydrazine groups is 1. The Hall–Kier alpha value is -4.87. The number of benzene rings is 2. The molecule has 4 amide bonds. The van der Waals surface area contributed by atoms with E-state index < -0.39 is 36.0 Å². The zero-order chi connectivity index (χ0) is 25.0. The molecule has 3 aromatic rings. The van der Waals surface area contributed by atoms with Crippen molar-refractivity contribution in [3.05, 3.63) is 77.6 Å². The van der Waals surface area contributed by atoms with E-state index in [2.05, 4.69) is 26.3 Å². The number of nitrogens with one attached hydrogen (secondary N) is 2. The van der Waals surface area contributed by atoms with Crippen LogP contribution in [0.3, 0.4) is 0 Å². The summed E-state index contributed by atoms with van der Waals surface area (Å²) in [6.45, 7) is 2.37. The molecule has 0 radical (unpaired) electrons. The van der Waals surface area contributed by atoms with Crippen LogP contribution in [0.5, 0.6) is 0 Å². The van der Waals surface area contributed by atoms with E-state index in [0.29, 0.717) is 22.0 Å². The average molecular weight is 475 g/mol. The summed E-state index contributed by atoms with van der Waals surface area (Å²) in [5, 5.41) is 14.2. The third-order valence-electron chi connectivity index (χ3n) is 5.28. The second kappa shape index (κ2) is 9.55. The predicted molar refractivity (Wildman–Crippen MR) is 121 cm³/mol. The Bertz CT molecular complexity index is 1310. The lowest BCUT2D eigenvalue weighted by Gasteiger charge is -2.22. The smallest absolute Gasteiger partial charge is 0.357 e. The van der Waals surface area contributed by atoms with Crippen molar-refractivity contribution in [1.82, 2.24) is 36.0 Å². The second-order valence-corrected chi connectivity index (χ2v) is 7.75. The Morgan fingerprint density at radius 1 is 1.09 bits per heavy atom. The normalized spacial score (nSPS) is 17.8. The zero-order valence-electron chi connectivity index (χ0n) is 18.8. The molecule has 0 spiro atoms. The van der Waals surface area contributed by atoms with E-state index in [1.165, 1.54) is 17.7 Å². The minimum atomic E-state index is -1.36. The third kappa shape index (κ3) is 4.76. The molecule has 178 valence electrons. The van der Waals surface area contributed by atoms with Gasteiger partial charge in [0.15, 0.2) is 18.1 Å². The van der Waals surface area contributed by atoms with Gasteiger partial charge in [-0.1, -0.05) is 60.7 Å². The fourth-order valence-electron chi connectivity index (χ4n) is 3.44. The number of carbonyl (C=O) groups excluding carboxylic acids is 4. The molecule has 1 saturated heterocycles. The monoisotopic (exact) mass is 475 g/mol. The number of amides is 4. The Kier molecular flexibility index (Phi) is 6.36. The van der Waals surface area contributed by atoms with Crippen LogP contribution in [-0.2, 0) is 24.7 Å². The molecule has 0 bridgehead atoms. The van der Waals surface area contributed by atoms with Crippen LogP contribution in [0.25, 0.3) is 11.8 Å². The molecule has 12 heteroatoms. The van der Waals surface area contributed by atoms with Gasteiger partial charge in [0.05, 0.1) is 0 Å². The highest BCUT2D eigenvalue weighted by Crippen LogP contribution is 2.27. The van der Waals surface area contributed by atoms with E-state index in [1.807, 2.05) is 6.07 Å². The van der Waals surface area contributed by atoms with Crippen molar-refractivity contribution >= 4 is 35.6 Å². The number of aryl methyl sites for hydroxylation is 1. The number of carbonyl (C=O) groups is 4. The highest BCUT2D eigenvalue weighted by molar-refractivity contribution is 6.15. The Morgan fingerprint density at radius 2 is 1.74 bits per heavy atom. The van der Waals surface area contributed by atoms with Crippen molar-refractivity contribution in [2.24, 2.45) is 0 Å². The van der Waals surface area contributed by atoms with E-state index in [9.17, 15) is 19.2 Å². The molecule has 2 aromatic carbocycles. The number of imide groups is 1. The lowest BCUT2D eigenvalue weighted by molar-refractivity contribution is -0.146. The van der Waals surface area contributed by atoms with Crippen molar-refractivity contribution < 1.29 is 23.9 Å². The lowest BCUT2D eigenvalue weighted by atomic mass is 9.92. The number of nitrogens with zero attached hydrogens (tertiary/aromatic N) is 5. The summed E-state index contributed by atoms with van der Waals surface area (Å²) < 4.78 is 6.31. The van der Waals surface area contributed by atoms with E-state index in [1.54, 1.807) is 61.5 Å². The molecule has 0 saturated carbocycles. The largest absolute Gasteiger partial charge is 0.451 e. The van der Waals surface area contributed by atoms with Crippen LogP contribution in [0.4, 0.5) is 4.79 Å². The Morgan fingerprint density at radius 3 is 2.37 bits per heavy atom. The van der Waals surface area contributed by atoms with Gasteiger partial charge in [0, 0.05) is 0 Å². The molecule has 35 heavy (non-hydrogen) atoms. The number of urea groups is 1. The maximum absolute atomic E-state index is 12.9. The number of tetrazole rings is 1. The van der Waals surface area contributed by atoms with Gasteiger partial charge >= 0.3 is 12.0 Å². The molecule has 0 aliphatic carbocycles. The molecule has 4 rings (SSSR count). The SMILES string of the molecule is Cc1nnnn1/C(=C\c1ccccc1)C(=O)OCC(=O)NN1C(=O)NC(C)(c2ccccc2)C1=O. The van der Waals surface area contributed by atoms with Crippen molar-refractivity contribution in [2.75, 3.05) is 6.61 Å². The number of rotatable bonds is 7. The predicted octanol–water partition coefficient (Wildman–Crippen LogP) is 1.02. The molecular formula is C23H21N7O5. The molecule has 12 nitrogen and oxygen atoms in total. The molecule has 1 aliphatic rings. The summed E-state index contributed by atoms with van der Waals surface area (Å²) in [5.41, 5.74) is 2.03. The second-order valence-electron chi connectivity index (χ2n) is 7.75. The number of hydrogen-bond acceptors (Lipinski definition) is 8. The zero-order valence-corrected chi connectivity index (χ0v) is 18.8. The summed E-state index contributed by atoms with van der Waals surface area (Å²) in [6.07, 6.45) is 1.51. The molecule has 2 N–H and O–H groups in total. The molecule has 1 aliphatic heterocycles. The number of ether oxygens (including phenoxy) is 1. The molecule has 1 atom stereocenters. The quantitative estimate of drug-likeness (QED) is 0.292. The fraction of sp³-hybridized carbons (Fsp3) is 0.174. The molecule has 1 unspecified atom stereocenters. The summed E-state index contributed by atoms with van der Waals surface area (Å²) >= 11 is 0. The van der Waals surface area contributed by atoms with E-state index >= 15 is 0 Å². The van der Waals surface area contributed by atoms with Crippen LogP contribution in [0, 0.1) is 6.92 Å². The first kappa shape index (κ1) is 23.3. The maximum atomic E-state index is 12.9. The van der Waals surface area contributed by atoms with Crippen molar-refractivity contribution in [3.63, 3.8) is 0 Å². The van der Waals surface area contributed by atoms with Crippen molar-refractivity contribution in [1.29, 1.82) is 0 Å². The highest BCUT2D eigenvalue weighted by atomic mass is 16.5. The van der Waals surface area contributed by atoms with Crippen LogP contribution < -0.4 is 10.7 Å². The van der Waals surface area contributed by atoms with Crippen LogP contribution in [0.2, 0.25) is 0 Å². The first-order chi connectivity index (χ1) is 16.8.